The lowest BCUT2D eigenvalue weighted by Crippen LogP contribution is -2.21. The Morgan fingerprint density at radius 1 is 1.00 bits per heavy atom. The highest BCUT2D eigenvalue weighted by Gasteiger charge is 2.31. The van der Waals surface area contributed by atoms with Gasteiger partial charge in [-0.15, -0.1) is 0 Å². The van der Waals surface area contributed by atoms with Gasteiger partial charge < -0.3 is 16.4 Å². The number of nitrogens with one attached hydrogen (secondary N) is 2. The highest BCUT2D eigenvalue weighted by molar-refractivity contribution is 6.00. The van der Waals surface area contributed by atoms with Crippen molar-refractivity contribution in [3.05, 3.63) is 71.7 Å². The van der Waals surface area contributed by atoms with Gasteiger partial charge in [-0.2, -0.15) is 18.3 Å². The van der Waals surface area contributed by atoms with Crippen molar-refractivity contribution >= 4 is 35.0 Å². The average molecular weight is 476 g/mol. The fourth-order valence-electron chi connectivity index (χ4n) is 3.25. The monoisotopic (exact) mass is 476 g/mol. The van der Waals surface area contributed by atoms with Crippen LogP contribution < -0.4 is 16.4 Å². The van der Waals surface area contributed by atoms with E-state index in [0.717, 1.165) is 12.4 Å². The molecule has 0 radical (unpaired) electrons. The van der Waals surface area contributed by atoms with Gasteiger partial charge >= 0.3 is 12.2 Å². The molecule has 2 aromatic heterocycles. The number of aldehydes is 1. The molecule has 0 aliphatic heterocycles. The van der Waals surface area contributed by atoms with E-state index in [1.54, 1.807) is 0 Å². The molecule has 0 bridgehead atoms. The van der Waals surface area contributed by atoms with Gasteiger partial charge in [-0.1, -0.05) is 6.07 Å². The number of urea groups is 1. The molecule has 13 heteroatoms. The van der Waals surface area contributed by atoms with Gasteiger partial charge in [0.25, 0.3) is 0 Å². The summed E-state index contributed by atoms with van der Waals surface area (Å²) in [7, 11) is 0. The molecule has 174 valence electrons. The number of hydrogen-bond acceptors (Lipinski definition) is 5. The number of alkyl halides is 3. The Morgan fingerprint density at radius 2 is 1.74 bits per heavy atom. The number of benzene rings is 2. The highest BCUT2D eigenvalue weighted by atomic mass is 19.4. The van der Waals surface area contributed by atoms with Gasteiger partial charge in [0.1, 0.15) is 29.2 Å². The molecule has 4 rings (SSSR count). The maximum absolute atomic E-state index is 14.7. The fraction of sp³-hybridized carbons (Fsp3) is 0.0476. The van der Waals surface area contributed by atoms with Crippen LogP contribution in [0.15, 0.2) is 48.8 Å². The molecule has 2 heterocycles. The van der Waals surface area contributed by atoms with Gasteiger partial charge in [-0.05, 0) is 42.0 Å². The molecule has 2 amide bonds. The summed E-state index contributed by atoms with van der Waals surface area (Å²) in [6, 6.07) is 5.38. The van der Waals surface area contributed by atoms with Gasteiger partial charge in [0.15, 0.2) is 12.1 Å². The molecule has 0 saturated carbocycles. The second-order valence-corrected chi connectivity index (χ2v) is 6.97. The van der Waals surface area contributed by atoms with Crippen LogP contribution in [0.1, 0.15) is 16.1 Å². The van der Waals surface area contributed by atoms with Crippen molar-refractivity contribution in [1.82, 2.24) is 14.6 Å². The van der Waals surface area contributed by atoms with E-state index in [9.17, 15) is 31.5 Å². The van der Waals surface area contributed by atoms with Gasteiger partial charge in [0.2, 0.25) is 0 Å². The Bertz CT molecular complexity index is 1430. The molecular weight excluding hydrogens is 463 g/mol. The molecule has 4 aromatic rings. The number of anilines is 3. The van der Waals surface area contributed by atoms with Crippen LogP contribution in [0.4, 0.5) is 43.9 Å². The van der Waals surface area contributed by atoms with E-state index in [0.29, 0.717) is 30.0 Å². The molecule has 0 aliphatic carbocycles. The average Bonchev–Trinajstić information content (AvgIpc) is 3.16. The quantitative estimate of drug-likeness (QED) is 0.291. The normalized spacial score (nSPS) is 11.4. The van der Waals surface area contributed by atoms with Crippen LogP contribution in [0.2, 0.25) is 0 Å². The highest BCUT2D eigenvalue weighted by Crippen LogP contribution is 2.33. The van der Waals surface area contributed by atoms with Crippen LogP contribution >= 0.6 is 0 Å². The first kappa shape index (κ1) is 22.6. The topological polar surface area (TPSA) is 114 Å². The number of hydrogen-bond donors (Lipinski definition) is 3. The largest absolute Gasteiger partial charge is 0.416 e. The summed E-state index contributed by atoms with van der Waals surface area (Å²) in [6.07, 6.45) is -3.06. The molecule has 8 nitrogen and oxygen atoms in total. The summed E-state index contributed by atoms with van der Waals surface area (Å²) in [5, 5.41) is 7.97. The molecular formula is C21H13F5N6O2. The summed E-state index contributed by atoms with van der Waals surface area (Å²) >= 11 is 0. The minimum Gasteiger partial charge on any atom is -0.382 e. The van der Waals surface area contributed by atoms with Crippen molar-refractivity contribution < 1.29 is 31.5 Å². The van der Waals surface area contributed by atoms with E-state index in [2.05, 4.69) is 15.4 Å². The van der Waals surface area contributed by atoms with E-state index in [1.165, 1.54) is 22.7 Å². The van der Waals surface area contributed by atoms with Crippen molar-refractivity contribution in [2.24, 2.45) is 0 Å². The standard InChI is InChI=1S/C21H13F5N6O2/c22-14-3-2-11(21(24,25)26)6-17(14)31-20(34)30-16-4-1-10(5-15(16)23)13-7-12(8-33)32-18(13)19(27)28-9-29-32/h1-9H,(H2,27,28,29)(H2,30,31,34). The molecule has 34 heavy (non-hydrogen) atoms. The lowest BCUT2D eigenvalue weighted by Gasteiger charge is -2.12. The van der Waals surface area contributed by atoms with Gasteiger partial charge in [0.05, 0.1) is 16.9 Å². The van der Waals surface area contributed by atoms with Crippen LogP contribution in [0.3, 0.4) is 0 Å². The predicted octanol–water partition coefficient (Wildman–Crippen LogP) is 4.73. The zero-order valence-electron chi connectivity index (χ0n) is 16.8. The van der Waals surface area contributed by atoms with Crippen LogP contribution in [0, 0.1) is 11.6 Å². The number of carbonyl (C=O) groups is 2. The number of rotatable bonds is 4. The smallest absolute Gasteiger partial charge is 0.382 e. The third-order valence-corrected chi connectivity index (χ3v) is 4.80. The molecule has 2 aromatic carbocycles. The predicted molar refractivity (Wildman–Crippen MR) is 112 cm³/mol. The number of nitrogens with zero attached hydrogens (tertiary/aromatic N) is 3. The van der Waals surface area contributed by atoms with Crippen molar-refractivity contribution in [3.63, 3.8) is 0 Å². The first-order valence-corrected chi connectivity index (χ1v) is 9.40. The summed E-state index contributed by atoms with van der Waals surface area (Å²) in [6.45, 7) is 0. The minimum atomic E-state index is -4.75. The number of carbonyl (C=O) groups excluding carboxylic acids is 2. The van der Waals surface area contributed by atoms with Gasteiger partial charge in [-0.25, -0.2) is 23.1 Å². The molecule has 0 spiro atoms. The number of aromatic nitrogens is 3. The van der Waals surface area contributed by atoms with E-state index >= 15 is 0 Å². The lowest BCUT2D eigenvalue weighted by atomic mass is 10.1. The van der Waals surface area contributed by atoms with E-state index in [-0.39, 0.29) is 28.3 Å². The van der Waals surface area contributed by atoms with Crippen LogP contribution in [0.5, 0.6) is 0 Å². The first-order valence-electron chi connectivity index (χ1n) is 9.40. The third kappa shape index (κ3) is 4.22. The van der Waals surface area contributed by atoms with E-state index in [4.69, 9.17) is 5.73 Å². The maximum atomic E-state index is 14.7. The summed E-state index contributed by atoms with van der Waals surface area (Å²) in [5.41, 5.74) is 4.67. The third-order valence-electron chi connectivity index (χ3n) is 4.80. The summed E-state index contributed by atoms with van der Waals surface area (Å²) in [4.78, 5) is 27.3. The van der Waals surface area contributed by atoms with E-state index < -0.39 is 35.1 Å². The number of amides is 2. The number of fused-ring (bicyclic) bond motifs is 1. The SMILES string of the molecule is Nc1ncnn2c(C=O)cc(-c3ccc(NC(=O)Nc4cc(C(F)(F)F)ccc4F)c(F)c3)c12. The molecule has 4 N–H and O–H groups in total. The zero-order valence-corrected chi connectivity index (χ0v) is 16.8. The summed E-state index contributed by atoms with van der Waals surface area (Å²) < 4.78 is 68.3. The molecule has 0 unspecified atom stereocenters. The second kappa shape index (κ2) is 8.42. The Morgan fingerprint density at radius 3 is 2.41 bits per heavy atom. The van der Waals surface area contributed by atoms with Crippen LogP contribution in [-0.4, -0.2) is 26.9 Å². The number of nitrogen functional groups attached to an aromatic ring is 1. The fourth-order valence-corrected chi connectivity index (χ4v) is 3.25. The van der Waals surface area contributed by atoms with Gasteiger partial charge in [0, 0.05) is 5.56 Å². The Hall–Kier alpha value is -4.55. The second-order valence-electron chi connectivity index (χ2n) is 6.97. The van der Waals surface area contributed by atoms with E-state index in [1.807, 2.05) is 5.32 Å². The molecule has 0 aliphatic rings. The zero-order chi connectivity index (χ0) is 24.6. The van der Waals surface area contributed by atoms with Crippen molar-refractivity contribution in [1.29, 1.82) is 0 Å². The Kier molecular flexibility index (Phi) is 5.61. The van der Waals surface area contributed by atoms with Crippen LogP contribution in [-0.2, 0) is 6.18 Å². The van der Waals surface area contributed by atoms with Crippen LogP contribution in [0.25, 0.3) is 16.6 Å². The molecule has 0 saturated heterocycles. The lowest BCUT2D eigenvalue weighted by molar-refractivity contribution is -0.137. The Labute approximate surface area is 187 Å². The maximum Gasteiger partial charge on any atom is 0.416 e. The Balaban J connectivity index is 1.59. The number of nitrogens with two attached hydrogens (primary N) is 1. The van der Waals surface area contributed by atoms with Crippen molar-refractivity contribution in [3.8, 4) is 11.1 Å². The van der Waals surface area contributed by atoms with Crippen molar-refractivity contribution in [2.45, 2.75) is 6.18 Å². The minimum absolute atomic E-state index is 0.0446. The first-order chi connectivity index (χ1) is 16.1. The molecule has 0 fully saturated rings. The molecule has 0 atom stereocenters. The van der Waals surface area contributed by atoms with Gasteiger partial charge in [-0.3, -0.25) is 4.79 Å². The summed E-state index contributed by atoms with van der Waals surface area (Å²) in [5.74, 6) is -1.98. The van der Waals surface area contributed by atoms with Crippen molar-refractivity contribution in [2.75, 3.05) is 16.4 Å². The number of halogens is 5.